The van der Waals surface area contributed by atoms with E-state index in [1.165, 1.54) is 44.2 Å². The molecule has 2 fully saturated rings. The largest absolute Gasteiger partial charge is 0.354 e. The standard InChI is InChI=1S/C16H26N2/c1-13(2)10-18-9-6-14(11-18)15-16(12-17-15)7-4-3-5-8-16/h6,9,11,13,15,17H,3-5,7-8,10,12H2,1-2H3/t15-/m1/s1. The predicted molar refractivity (Wildman–Crippen MR) is 75.5 cm³/mol. The second kappa shape index (κ2) is 4.73. The van der Waals surface area contributed by atoms with Gasteiger partial charge in [0, 0.05) is 36.9 Å². The molecule has 0 aromatic carbocycles. The summed E-state index contributed by atoms with van der Waals surface area (Å²) in [6, 6.07) is 2.96. The van der Waals surface area contributed by atoms with E-state index >= 15 is 0 Å². The second-order valence-corrected chi connectivity index (χ2v) is 6.77. The highest BCUT2D eigenvalue weighted by Gasteiger charge is 2.47. The highest BCUT2D eigenvalue weighted by molar-refractivity contribution is 5.23. The Kier molecular flexibility index (Phi) is 3.23. The van der Waals surface area contributed by atoms with Gasteiger partial charge in [-0.2, -0.15) is 0 Å². The van der Waals surface area contributed by atoms with Crippen molar-refractivity contribution in [2.24, 2.45) is 11.3 Å². The van der Waals surface area contributed by atoms with Crippen LogP contribution in [0.5, 0.6) is 0 Å². The maximum Gasteiger partial charge on any atom is 0.0404 e. The summed E-state index contributed by atoms with van der Waals surface area (Å²) in [4.78, 5) is 0. The van der Waals surface area contributed by atoms with Gasteiger partial charge in [-0.1, -0.05) is 33.1 Å². The molecule has 2 aliphatic rings. The minimum Gasteiger partial charge on any atom is -0.354 e. The molecule has 1 saturated carbocycles. The molecule has 3 rings (SSSR count). The SMILES string of the molecule is CC(C)Cn1ccc([C@H]2NCC23CCCCC3)c1. The van der Waals surface area contributed by atoms with Gasteiger partial charge in [0.1, 0.15) is 0 Å². The van der Waals surface area contributed by atoms with Gasteiger partial charge in [0.25, 0.3) is 0 Å². The van der Waals surface area contributed by atoms with Crippen molar-refractivity contribution in [3.8, 4) is 0 Å². The van der Waals surface area contributed by atoms with Crippen LogP contribution in [0.3, 0.4) is 0 Å². The molecule has 1 aliphatic heterocycles. The van der Waals surface area contributed by atoms with Gasteiger partial charge in [-0.3, -0.25) is 0 Å². The molecule has 0 unspecified atom stereocenters. The summed E-state index contributed by atoms with van der Waals surface area (Å²) in [5.41, 5.74) is 2.12. The van der Waals surface area contributed by atoms with Gasteiger partial charge in [-0.25, -0.2) is 0 Å². The van der Waals surface area contributed by atoms with Crippen LogP contribution in [0.2, 0.25) is 0 Å². The maximum absolute atomic E-state index is 3.68. The fraction of sp³-hybridized carbons (Fsp3) is 0.750. The molecule has 1 aromatic rings. The molecule has 18 heavy (non-hydrogen) atoms. The highest BCUT2D eigenvalue weighted by Crippen LogP contribution is 2.51. The normalized spacial score (nSPS) is 26.5. The Morgan fingerprint density at radius 1 is 1.33 bits per heavy atom. The van der Waals surface area contributed by atoms with Crippen LogP contribution in [0, 0.1) is 11.3 Å². The Bertz CT molecular complexity index is 399. The molecule has 1 aromatic heterocycles. The summed E-state index contributed by atoms with van der Waals surface area (Å²) in [7, 11) is 0. The summed E-state index contributed by atoms with van der Waals surface area (Å²) >= 11 is 0. The molecule has 0 amide bonds. The van der Waals surface area contributed by atoms with Crippen molar-refractivity contribution in [2.75, 3.05) is 6.54 Å². The van der Waals surface area contributed by atoms with Crippen LogP contribution in [-0.4, -0.2) is 11.1 Å². The van der Waals surface area contributed by atoms with Gasteiger partial charge in [-0.15, -0.1) is 0 Å². The molecule has 100 valence electrons. The first-order valence-electron chi connectivity index (χ1n) is 7.59. The molecule has 0 bridgehead atoms. The van der Waals surface area contributed by atoms with E-state index < -0.39 is 0 Å². The van der Waals surface area contributed by atoms with E-state index in [0.717, 1.165) is 12.5 Å². The van der Waals surface area contributed by atoms with Gasteiger partial charge >= 0.3 is 0 Å². The monoisotopic (exact) mass is 246 g/mol. The van der Waals surface area contributed by atoms with Crippen molar-refractivity contribution in [1.29, 1.82) is 0 Å². The zero-order chi connectivity index (χ0) is 12.6. The fourth-order valence-corrected chi connectivity index (χ4v) is 3.85. The molecule has 1 saturated heterocycles. The van der Waals surface area contributed by atoms with Crippen molar-refractivity contribution in [2.45, 2.75) is 58.5 Å². The van der Waals surface area contributed by atoms with E-state index in [1.807, 2.05) is 0 Å². The number of hydrogen-bond acceptors (Lipinski definition) is 1. The van der Waals surface area contributed by atoms with Crippen LogP contribution in [-0.2, 0) is 6.54 Å². The average Bonchev–Trinajstić information content (AvgIpc) is 2.76. The van der Waals surface area contributed by atoms with Crippen molar-refractivity contribution in [3.05, 3.63) is 24.0 Å². The minimum absolute atomic E-state index is 0.599. The van der Waals surface area contributed by atoms with Gasteiger partial charge in [0.15, 0.2) is 0 Å². The van der Waals surface area contributed by atoms with Crippen LogP contribution in [0.1, 0.15) is 57.6 Å². The Morgan fingerprint density at radius 2 is 2.11 bits per heavy atom. The van der Waals surface area contributed by atoms with Gasteiger partial charge < -0.3 is 9.88 Å². The van der Waals surface area contributed by atoms with Crippen molar-refractivity contribution in [3.63, 3.8) is 0 Å². The molecule has 1 spiro atoms. The summed E-state index contributed by atoms with van der Waals surface area (Å²) < 4.78 is 2.36. The zero-order valence-electron chi connectivity index (χ0n) is 11.8. The lowest BCUT2D eigenvalue weighted by Crippen LogP contribution is -2.56. The maximum atomic E-state index is 3.68. The Hall–Kier alpha value is -0.760. The first-order chi connectivity index (χ1) is 8.70. The summed E-state index contributed by atoms with van der Waals surface area (Å²) in [6.07, 6.45) is 11.8. The van der Waals surface area contributed by atoms with Crippen LogP contribution >= 0.6 is 0 Å². The third-order valence-electron chi connectivity index (χ3n) is 4.80. The Morgan fingerprint density at radius 3 is 2.72 bits per heavy atom. The Labute approximate surface area is 111 Å². The summed E-state index contributed by atoms with van der Waals surface area (Å²) in [5.74, 6) is 0.725. The van der Waals surface area contributed by atoms with E-state index in [2.05, 4.69) is 42.2 Å². The van der Waals surface area contributed by atoms with Crippen LogP contribution < -0.4 is 5.32 Å². The number of hydrogen-bond donors (Lipinski definition) is 1. The quantitative estimate of drug-likeness (QED) is 0.859. The lowest BCUT2D eigenvalue weighted by Gasteiger charge is -2.53. The highest BCUT2D eigenvalue weighted by atomic mass is 15.1. The first-order valence-corrected chi connectivity index (χ1v) is 7.59. The number of nitrogens with one attached hydrogen (secondary N) is 1. The van der Waals surface area contributed by atoms with E-state index in [4.69, 9.17) is 0 Å². The van der Waals surface area contributed by atoms with E-state index in [9.17, 15) is 0 Å². The second-order valence-electron chi connectivity index (χ2n) is 6.77. The third-order valence-corrected chi connectivity index (χ3v) is 4.80. The molecule has 1 N–H and O–H groups in total. The van der Waals surface area contributed by atoms with E-state index in [1.54, 1.807) is 0 Å². The fourth-order valence-electron chi connectivity index (χ4n) is 3.85. The van der Waals surface area contributed by atoms with Gasteiger partial charge in [0.2, 0.25) is 0 Å². The van der Waals surface area contributed by atoms with Crippen LogP contribution in [0.15, 0.2) is 18.5 Å². The third kappa shape index (κ3) is 2.11. The number of nitrogens with zero attached hydrogens (tertiary/aromatic N) is 1. The average molecular weight is 246 g/mol. The van der Waals surface area contributed by atoms with Crippen molar-refractivity contribution >= 4 is 0 Å². The predicted octanol–water partition coefficient (Wildman–Crippen LogP) is 3.74. The van der Waals surface area contributed by atoms with Crippen LogP contribution in [0.25, 0.3) is 0 Å². The number of aromatic nitrogens is 1. The molecular formula is C16H26N2. The molecule has 2 nitrogen and oxygen atoms in total. The molecule has 0 radical (unpaired) electrons. The van der Waals surface area contributed by atoms with Crippen LogP contribution in [0.4, 0.5) is 0 Å². The smallest absolute Gasteiger partial charge is 0.0404 e. The zero-order valence-corrected chi connectivity index (χ0v) is 11.8. The number of rotatable bonds is 3. The molecule has 2 heterocycles. The summed E-state index contributed by atoms with van der Waals surface area (Å²) in [5, 5.41) is 3.68. The van der Waals surface area contributed by atoms with E-state index in [0.29, 0.717) is 11.5 Å². The molecule has 1 atom stereocenters. The molecule has 2 heteroatoms. The summed E-state index contributed by atoms with van der Waals surface area (Å²) in [6.45, 7) is 6.94. The van der Waals surface area contributed by atoms with Crippen molar-refractivity contribution < 1.29 is 0 Å². The van der Waals surface area contributed by atoms with E-state index in [-0.39, 0.29) is 0 Å². The lowest BCUT2D eigenvalue weighted by atomic mass is 9.63. The molecular weight excluding hydrogens is 220 g/mol. The Balaban J connectivity index is 1.72. The van der Waals surface area contributed by atoms with Gasteiger partial charge in [-0.05, 0) is 30.4 Å². The molecule has 1 aliphatic carbocycles. The van der Waals surface area contributed by atoms with Crippen molar-refractivity contribution in [1.82, 2.24) is 9.88 Å². The topological polar surface area (TPSA) is 17.0 Å². The minimum atomic E-state index is 0.599. The first kappa shape index (κ1) is 12.3. The van der Waals surface area contributed by atoms with Gasteiger partial charge in [0.05, 0.1) is 0 Å². The lowest BCUT2D eigenvalue weighted by molar-refractivity contribution is 0.0360.